The fraction of sp³-hybridized carbons (Fsp3) is 1.00. The van der Waals surface area contributed by atoms with E-state index >= 15 is 0 Å². The molecule has 0 spiro atoms. The predicted octanol–water partition coefficient (Wildman–Crippen LogP) is -0.001000. The van der Waals surface area contributed by atoms with Gasteiger partial charge in [0, 0.05) is 79.3 Å². The maximum absolute atomic E-state index is 10.4. The molecule has 0 saturated carbocycles. The van der Waals surface area contributed by atoms with Gasteiger partial charge < -0.3 is 72.2 Å². The quantitative estimate of drug-likeness (QED) is 0.0726. The number of rotatable bonds is 30. The van der Waals surface area contributed by atoms with Crippen LogP contribution >= 0.6 is 0 Å². The van der Waals surface area contributed by atoms with E-state index in [1.165, 1.54) is 0 Å². The van der Waals surface area contributed by atoms with Crippen LogP contribution in [0.25, 0.3) is 0 Å². The van der Waals surface area contributed by atoms with Crippen LogP contribution in [0.1, 0.15) is 62.3 Å². The molecule has 0 unspecified atom stereocenters. The fourth-order valence-corrected chi connectivity index (χ4v) is 3.34. The van der Waals surface area contributed by atoms with Gasteiger partial charge in [-0.3, -0.25) is 0 Å². The molecule has 0 saturated heterocycles. The molecule has 0 fully saturated rings. The van der Waals surface area contributed by atoms with Crippen LogP contribution in [-0.4, -0.2) is 154 Å². The Labute approximate surface area is 288 Å². The predicted molar refractivity (Wildman–Crippen MR) is 166 cm³/mol. The van der Waals surface area contributed by atoms with Crippen LogP contribution in [0.3, 0.4) is 0 Å². The van der Waals surface area contributed by atoms with E-state index < -0.39 is 17.9 Å². The normalized spacial score (nSPS) is 11.7. The van der Waals surface area contributed by atoms with E-state index in [-0.39, 0.29) is 76.8 Å². The summed E-state index contributed by atoms with van der Waals surface area (Å²) >= 11 is 0. The molecule has 0 rings (SSSR count). The molecule has 0 aromatic carbocycles. The molecule has 0 aromatic rings. The van der Waals surface area contributed by atoms with Crippen molar-refractivity contribution in [1.29, 1.82) is 0 Å². The Hall–Kier alpha value is -0.0675. The minimum Gasteiger partial charge on any atom is -0.853 e. The number of hydrogen-bond donors (Lipinski definition) is 0. The molecule has 0 bridgehead atoms. The van der Waals surface area contributed by atoms with Crippen molar-refractivity contribution < 1.29 is 72.2 Å². The first-order valence-corrected chi connectivity index (χ1v) is 16.0. The van der Waals surface area contributed by atoms with Crippen molar-refractivity contribution >= 4 is 17.4 Å². The van der Waals surface area contributed by atoms with Crippen LogP contribution in [0.15, 0.2) is 0 Å². The van der Waals surface area contributed by atoms with Gasteiger partial charge in [-0.1, -0.05) is 0 Å². The van der Waals surface area contributed by atoms with Gasteiger partial charge in [0.25, 0.3) is 0 Å². The minimum absolute atomic E-state index is 0. The first-order chi connectivity index (χ1) is 21.7. The van der Waals surface area contributed by atoms with Crippen molar-refractivity contribution in [2.24, 2.45) is 0 Å². The van der Waals surface area contributed by atoms with Crippen LogP contribution < -0.4 is 15.3 Å². The van der Waals surface area contributed by atoms with Crippen molar-refractivity contribution in [3.63, 3.8) is 0 Å². The molecule has 16 heteroatoms. The monoisotopic (exact) mass is 690 g/mol. The molecule has 0 aliphatic heterocycles. The van der Waals surface area contributed by atoms with Crippen LogP contribution in [0.2, 0.25) is 0 Å². The van der Waals surface area contributed by atoms with Gasteiger partial charge in [0.1, 0.15) is 19.8 Å². The van der Waals surface area contributed by atoms with Gasteiger partial charge in [0.05, 0.1) is 0 Å². The summed E-state index contributed by atoms with van der Waals surface area (Å²) in [7, 11) is 0. The first kappa shape index (κ1) is 52.7. The third-order valence-electron chi connectivity index (χ3n) is 4.85. The van der Waals surface area contributed by atoms with E-state index in [1.54, 1.807) is 0 Å². The van der Waals surface area contributed by atoms with Crippen molar-refractivity contribution in [3.05, 3.63) is 0 Å². The van der Waals surface area contributed by atoms with Gasteiger partial charge in [-0.05, 0) is 62.3 Å². The third kappa shape index (κ3) is 27.8. The summed E-state index contributed by atoms with van der Waals surface area (Å²) in [6.45, 7) is 20.6. The topological polar surface area (TPSA) is 180 Å². The Bertz CT molecular complexity index is 454. The Morgan fingerprint density at radius 1 is 0.326 bits per heavy atom. The summed E-state index contributed by atoms with van der Waals surface area (Å²) in [6.07, 6.45) is 0. The summed E-state index contributed by atoms with van der Waals surface area (Å²) in [5.74, 6) is -3.66. The largest absolute Gasteiger partial charge is 3.00 e. The molecule has 0 N–H and O–H groups in total. The molecule has 0 radical (unpaired) electrons. The van der Waals surface area contributed by atoms with Gasteiger partial charge in [-0.15, -0.1) is 19.8 Å². The van der Waals surface area contributed by atoms with Gasteiger partial charge in [-0.2, -0.15) is 0 Å². The van der Waals surface area contributed by atoms with Crippen molar-refractivity contribution in [2.45, 2.75) is 80.2 Å². The van der Waals surface area contributed by atoms with Gasteiger partial charge in [0.15, 0.2) is 0 Å². The Kier molecular flexibility index (Phi) is 43.3. The molecule has 0 amide bonds. The van der Waals surface area contributed by atoms with Crippen molar-refractivity contribution in [1.82, 2.24) is 0 Å². The van der Waals surface area contributed by atoms with E-state index in [4.69, 9.17) is 56.8 Å². The SMILES string of the molecule is CCOCC(OCC)(OCC)OCC[O-].CCOCC(OCC)(OCC)OCC[O-].CCOCC(OCC)(OCC)OCC[O-].[Al+3]. The van der Waals surface area contributed by atoms with Gasteiger partial charge in [0.2, 0.25) is 0 Å². The van der Waals surface area contributed by atoms with Crippen molar-refractivity contribution in [2.75, 3.05) is 119 Å². The second-order valence-corrected chi connectivity index (χ2v) is 8.22. The second kappa shape index (κ2) is 37.7. The summed E-state index contributed by atoms with van der Waals surface area (Å²) in [5.41, 5.74) is 0. The van der Waals surface area contributed by atoms with Gasteiger partial charge >= 0.3 is 35.3 Å². The molecule has 276 valence electrons. The molecular formula is C30H63AlO15. The molecule has 0 heterocycles. The first-order valence-electron chi connectivity index (χ1n) is 16.0. The summed E-state index contributed by atoms with van der Waals surface area (Å²) in [6, 6.07) is 0. The fourth-order valence-electron chi connectivity index (χ4n) is 3.34. The summed E-state index contributed by atoms with van der Waals surface area (Å²) in [4.78, 5) is 0. The summed E-state index contributed by atoms with van der Waals surface area (Å²) < 4.78 is 63.7. The van der Waals surface area contributed by atoms with Crippen molar-refractivity contribution in [3.8, 4) is 0 Å². The molecular weight excluding hydrogens is 627 g/mol. The molecule has 46 heavy (non-hydrogen) atoms. The molecule has 15 nitrogen and oxygen atoms in total. The molecule has 0 aromatic heterocycles. The Balaban J connectivity index is -0.000000285. The van der Waals surface area contributed by atoms with E-state index in [1.807, 2.05) is 62.3 Å². The summed E-state index contributed by atoms with van der Waals surface area (Å²) in [5, 5.41) is 31.1. The Morgan fingerprint density at radius 2 is 0.522 bits per heavy atom. The third-order valence-corrected chi connectivity index (χ3v) is 4.85. The van der Waals surface area contributed by atoms with Crippen LogP contribution in [0.5, 0.6) is 0 Å². The number of hydrogen-bond acceptors (Lipinski definition) is 15. The van der Waals surface area contributed by atoms with E-state index in [0.717, 1.165) is 0 Å². The molecule has 0 aliphatic carbocycles. The molecule has 0 atom stereocenters. The van der Waals surface area contributed by atoms with E-state index in [9.17, 15) is 15.3 Å². The average molecular weight is 691 g/mol. The van der Waals surface area contributed by atoms with E-state index in [0.29, 0.717) is 59.5 Å². The van der Waals surface area contributed by atoms with Crippen LogP contribution in [0.4, 0.5) is 0 Å². The zero-order valence-corrected chi connectivity index (χ0v) is 31.1. The number of ether oxygens (including phenoxy) is 12. The standard InChI is InChI=1S/3C10H21O5.Al/c3*1-4-12-9-10(13-5-2,14-6-3)15-8-7-11;/h3*4-9H2,1-3H3;/q3*-1;+3. The maximum Gasteiger partial charge on any atom is 3.00 e. The zero-order chi connectivity index (χ0) is 34.7. The van der Waals surface area contributed by atoms with E-state index in [2.05, 4.69) is 0 Å². The second-order valence-electron chi connectivity index (χ2n) is 8.22. The Morgan fingerprint density at radius 3 is 0.652 bits per heavy atom. The maximum atomic E-state index is 10.4. The molecule has 0 aliphatic rings. The smallest absolute Gasteiger partial charge is 0.853 e. The zero-order valence-electron chi connectivity index (χ0n) is 29.9. The van der Waals surface area contributed by atoms with Gasteiger partial charge in [-0.25, -0.2) is 0 Å². The van der Waals surface area contributed by atoms with Crippen LogP contribution in [-0.2, 0) is 56.8 Å². The van der Waals surface area contributed by atoms with Crippen LogP contribution in [0, 0.1) is 0 Å². The minimum atomic E-state index is -1.22. The average Bonchev–Trinajstić information content (AvgIpc) is 3.04.